The fourth-order valence-corrected chi connectivity index (χ4v) is 1.86. The average molecular weight is 277 g/mol. The lowest BCUT2D eigenvalue weighted by Gasteiger charge is -2.13. The second-order valence-corrected chi connectivity index (χ2v) is 5.04. The summed E-state index contributed by atoms with van der Waals surface area (Å²) in [5.41, 5.74) is 6.78. The van der Waals surface area contributed by atoms with E-state index in [9.17, 15) is 9.59 Å². The van der Waals surface area contributed by atoms with Gasteiger partial charge in [0.2, 0.25) is 5.91 Å². The summed E-state index contributed by atoms with van der Waals surface area (Å²) >= 11 is 0. The highest BCUT2D eigenvalue weighted by Gasteiger charge is 2.12. The molecule has 1 atom stereocenters. The molecule has 0 aliphatic heterocycles. The molecular formula is C15H23N3O2. The molecule has 5 nitrogen and oxygen atoms in total. The van der Waals surface area contributed by atoms with Crippen LogP contribution in [0.4, 0.5) is 5.69 Å². The van der Waals surface area contributed by atoms with E-state index in [4.69, 9.17) is 5.73 Å². The van der Waals surface area contributed by atoms with Crippen LogP contribution in [0.3, 0.4) is 0 Å². The van der Waals surface area contributed by atoms with E-state index in [1.165, 1.54) is 4.90 Å². The molecule has 0 fully saturated rings. The first-order valence-electron chi connectivity index (χ1n) is 6.79. The first-order chi connectivity index (χ1) is 9.47. The summed E-state index contributed by atoms with van der Waals surface area (Å²) in [5, 5.41) is 2.81. The zero-order valence-corrected chi connectivity index (χ0v) is 12.3. The van der Waals surface area contributed by atoms with Crippen molar-refractivity contribution in [3.05, 3.63) is 29.8 Å². The maximum Gasteiger partial charge on any atom is 0.253 e. The topological polar surface area (TPSA) is 75.4 Å². The number of rotatable bonds is 6. The quantitative estimate of drug-likeness (QED) is 0.831. The maximum absolute atomic E-state index is 11.9. The molecule has 1 unspecified atom stereocenters. The van der Waals surface area contributed by atoms with E-state index >= 15 is 0 Å². The summed E-state index contributed by atoms with van der Waals surface area (Å²) in [6, 6.07) is 6.94. The highest BCUT2D eigenvalue weighted by molar-refractivity contribution is 5.97. The lowest BCUT2D eigenvalue weighted by atomic mass is 10.0. The predicted molar refractivity (Wildman–Crippen MR) is 80.5 cm³/mol. The van der Waals surface area contributed by atoms with E-state index in [1.807, 2.05) is 6.92 Å². The van der Waals surface area contributed by atoms with Crippen LogP contribution in [0.25, 0.3) is 0 Å². The van der Waals surface area contributed by atoms with Gasteiger partial charge in [-0.3, -0.25) is 9.59 Å². The summed E-state index contributed by atoms with van der Waals surface area (Å²) in [5.74, 6) is 0.0350. The summed E-state index contributed by atoms with van der Waals surface area (Å²) in [7, 11) is 3.39. The first kappa shape index (κ1) is 16.2. The van der Waals surface area contributed by atoms with Crippen molar-refractivity contribution in [2.24, 2.45) is 11.7 Å². The molecule has 110 valence electrons. The van der Waals surface area contributed by atoms with Crippen LogP contribution in [-0.2, 0) is 4.79 Å². The van der Waals surface area contributed by atoms with Crippen molar-refractivity contribution in [2.45, 2.75) is 19.8 Å². The third-order valence-electron chi connectivity index (χ3n) is 3.18. The Bertz CT molecular complexity index is 468. The molecule has 0 radical (unpaired) electrons. The van der Waals surface area contributed by atoms with E-state index in [1.54, 1.807) is 38.4 Å². The molecule has 0 saturated carbocycles. The third kappa shape index (κ3) is 4.66. The SMILES string of the molecule is CCC(CN)CC(=O)Nc1cccc(C(=O)N(C)C)c1. The van der Waals surface area contributed by atoms with Gasteiger partial charge in [0, 0.05) is 31.8 Å². The van der Waals surface area contributed by atoms with Gasteiger partial charge in [-0.25, -0.2) is 0 Å². The van der Waals surface area contributed by atoms with E-state index in [0.717, 1.165) is 6.42 Å². The number of hydrogen-bond acceptors (Lipinski definition) is 3. The molecule has 0 spiro atoms. The molecule has 1 rings (SSSR count). The van der Waals surface area contributed by atoms with Crippen molar-refractivity contribution in [1.29, 1.82) is 0 Å². The minimum absolute atomic E-state index is 0.0725. The van der Waals surface area contributed by atoms with Crippen LogP contribution in [0.5, 0.6) is 0 Å². The maximum atomic E-state index is 11.9. The van der Waals surface area contributed by atoms with Gasteiger partial charge in [0.25, 0.3) is 5.91 Å². The van der Waals surface area contributed by atoms with Gasteiger partial charge in [0.1, 0.15) is 0 Å². The number of nitrogens with zero attached hydrogens (tertiary/aromatic N) is 1. The van der Waals surface area contributed by atoms with Crippen LogP contribution in [-0.4, -0.2) is 37.4 Å². The normalized spacial score (nSPS) is 11.8. The Morgan fingerprint density at radius 1 is 1.35 bits per heavy atom. The van der Waals surface area contributed by atoms with Crippen LogP contribution in [0.2, 0.25) is 0 Å². The summed E-state index contributed by atoms with van der Waals surface area (Å²) in [6.45, 7) is 2.52. The predicted octanol–water partition coefficient (Wildman–Crippen LogP) is 1.70. The number of nitrogens with one attached hydrogen (secondary N) is 1. The molecule has 0 aliphatic rings. The van der Waals surface area contributed by atoms with Crippen molar-refractivity contribution < 1.29 is 9.59 Å². The van der Waals surface area contributed by atoms with Gasteiger partial charge in [-0.2, -0.15) is 0 Å². The number of carbonyl (C=O) groups excluding carboxylic acids is 2. The Morgan fingerprint density at radius 2 is 2.05 bits per heavy atom. The number of benzene rings is 1. The number of hydrogen-bond donors (Lipinski definition) is 2. The van der Waals surface area contributed by atoms with Crippen LogP contribution in [0, 0.1) is 5.92 Å². The molecule has 3 N–H and O–H groups in total. The van der Waals surface area contributed by atoms with Gasteiger partial charge >= 0.3 is 0 Å². The lowest BCUT2D eigenvalue weighted by Crippen LogP contribution is -2.23. The standard InChI is InChI=1S/C15H23N3O2/c1-4-11(10-16)8-14(19)17-13-7-5-6-12(9-13)15(20)18(2)3/h5-7,9,11H,4,8,10,16H2,1-3H3,(H,17,19). The van der Waals surface area contributed by atoms with E-state index in [0.29, 0.717) is 24.2 Å². The Labute approximate surface area is 120 Å². The molecule has 1 aromatic rings. The highest BCUT2D eigenvalue weighted by atomic mass is 16.2. The molecule has 0 heterocycles. The van der Waals surface area contributed by atoms with E-state index in [2.05, 4.69) is 5.32 Å². The van der Waals surface area contributed by atoms with Gasteiger partial charge in [-0.05, 0) is 30.7 Å². The number of anilines is 1. The van der Waals surface area contributed by atoms with Crippen molar-refractivity contribution in [1.82, 2.24) is 4.90 Å². The number of nitrogens with two attached hydrogens (primary N) is 1. The zero-order chi connectivity index (χ0) is 15.1. The van der Waals surface area contributed by atoms with E-state index in [-0.39, 0.29) is 17.7 Å². The first-order valence-corrected chi connectivity index (χ1v) is 6.79. The van der Waals surface area contributed by atoms with Gasteiger partial charge < -0.3 is 16.0 Å². The minimum atomic E-state index is -0.0884. The van der Waals surface area contributed by atoms with Crippen LogP contribution in [0.15, 0.2) is 24.3 Å². The molecule has 2 amide bonds. The average Bonchev–Trinajstić information content (AvgIpc) is 2.44. The Balaban J connectivity index is 2.71. The van der Waals surface area contributed by atoms with Crippen LogP contribution < -0.4 is 11.1 Å². The van der Waals surface area contributed by atoms with Crippen LogP contribution >= 0.6 is 0 Å². The Kier molecular flexibility index (Phi) is 6.18. The zero-order valence-electron chi connectivity index (χ0n) is 12.3. The van der Waals surface area contributed by atoms with Gasteiger partial charge in [0.05, 0.1) is 0 Å². The molecule has 0 aromatic heterocycles. The van der Waals surface area contributed by atoms with Gasteiger partial charge in [-0.15, -0.1) is 0 Å². The van der Waals surface area contributed by atoms with Gasteiger partial charge in [0.15, 0.2) is 0 Å². The van der Waals surface area contributed by atoms with Crippen LogP contribution in [0.1, 0.15) is 30.1 Å². The summed E-state index contributed by atoms with van der Waals surface area (Å²) in [6.07, 6.45) is 1.28. The summed E-state index contributed by atoms with van der Waals surface area (Å²) < 4.78 is 0. The largest absolute Gasteiger partial charge is 0.345 e. The monoisotopic (exact) mass is 277 g/mol. The minimum Gasteiger partial charge on any atom is -0.345 e. The highest BCUT2D eigenvalue weighted by Crippen LogP contribution is 2.14. The fourth-order valence-electron chi connectivity index (χ4n) is 1.86. The van der Waals surface area contributed by atoms with Crippen molar-refractivity contribution >= 4 is 17.5 Å². The second kappa shape index (κ2) is 7.65. The van der Waals surface area contributed by atoms with Gasteiger partial charge in [-0.1, -0.05) is 19.4 Å². The summed E-state index contributed by atoms with van der Waals surface area (Å²) in [4.78, 5) is 25.2. The molecule has 1 aromatic carbocycles. The fraction of sp³-hybridized carbons (Fsp3) is 0.467. The number of amides is 2. The molecular weight excluding hydrogens is 254 g/mol. The molecule has 0 bridgehead atoms. The molecule has 0 aliphatic carbocycles. The van der Waals surface area contributed by atoms with E-state index < -0.39 is 0 Å². The second-order valence-electron chi connectivity index (χ2n) is 5.04. The molecule has 0 saturated heterocycles. The molecule has 5 heteroatoms. The Morgan fingerprint density at radius 3 is 2.60 bits per heavy atom. The Hall–Kier alpha value is -1.88. The molecule has 20 heavy (non-hydrogen) atoms. The number of carbonyl (C=O) groups is 2. The third-order valence-corrected chi connectivity index (χ3v) is 3.18. The lowest BCUT2D eigenvalue weighted by molar-refractivity contribution is -0.117. The van der Waals surface area contributed by atoms with Crippen molar-refractivity contribution in [2.75, 3.05) is 26.0 Å². The van der Waals surface area contributed by atoms with Crippen molar-refractivity contribution in [3.63, 3.8) is 0 Å². The smallest absolute Gasteiger partial charge is 0.253 e. The van der Waals surface area contributed by atoms with Crippen molar-refractivity contribution in [3.8, 4) is 0 Å².